The molecule has 0 unspecified atom stereocenters. The SMILES string of the molecule is N#Cc1ccc(COc2ccccc2/C=N\NC(=O)c2ccc(I)cc2)cc1. The van der Waals surface area contributed by atoms with E-state index in [9.17, 15) is 4.79 Å². The average Bonchev–Trinajstić information content (AvgIpc) is 2.74. The number of para-hydroxylation sites is 1. The van der Waals surface area contributed by atoms with Gasteiger partial charge in [-0.2, -0.15) is 10.4 Å². The molecule has 6 heteroatoms. The Morgan fingerprint density at radius 3 is 2.50 bits per heavy atom. The van der Waals surface area contributed by atoms with E-state index in [0.717, 1.165) is 14.7 Å². The molecule has 0 aliphatic rings. The van der Waals surface area contributed by atoms with Crippen LogP contribution in [0, 0.1) is 14.9 Å². The molecular formula is C22H16IN3O2. The molecule has 0 heterocycles. The minimum Gasteiger partial charge on any atom is -0.488 e. The second-order valence-corrected chi connectivity index (χ2v) is 7.09. The number of nitrogens with zero attached hydrogens (tertiary/aromatic N) is 2. The Morgan fingerprint density at radius 1 is 1.07 bits per heavy atom. The second-order valence-electron chi connectivity index (χ2n) is 5.84. The zero-order chi connectivity index (χ0) is 19.8. The summed E-state index contributed by atoms with van der Waals surface area (Å²) in [4.78, 5) is 12.1. The average molecular weight is 481 g/mol. The third-order valence-corrected chi connectivity index (χ3v) is 4.59. The van der Waals surface area contributed by atoms with Crippen molar-refractivity contribution in [3.8, 4) is 11.8 Å². The van der Waals surface area contributed by atoms with Crippen LogP contribution < -0.4 is 10.2 Å². The topological polar surface area (TPSA) is 74.5 Å². The lowest BCUT2D eigenvalue weighted by atomic mass is 10.1. The highest BCUT2D eigenvalue weighted by Crippen LogP contribution is 2.18. The van der Waals surface area contributed by atoms with E-state index in [1.54, 1.807) is 30.5 Å². The van der Waals surface area contributed by atoms with Crippen molar-refractivity contribution in [3.63, 3.8) is 0 Å². The summed E-state index contributed by atoms with van der Waals surface area (Å²) in [5.41, 5.74) is 5.38. The van der Waals surface area contributed by atoms with Crippen LogP contribution in [0.3, 0.4) is 0 Å². The van der Waals surface area contributed by atoms with Crippen molar-refractivity contribution in [1.29, 1.82) is 5.26 Å². The molecule has 0 aliphatic heterocycles. The first-order valence-electron chi connectivity index (χ1n) is 8.45. The van der Waals surface area contributed by atoms with Gasteiger partial charge in [-0.1, -0.05) is 24.3 Å². The molecule has 0 saturated carbocycles. The van der Waals surface area contributed by atoms with E-state index in [4.69, 9.17) is 10.00 Å². The molecule has 138 valence electrons. The van der Waals surface area contributed by atoms with Gasteiger partial charge >= 0.3 is 0 Å². The van der Waals surface area contributed by atoms with Gasteiger partial charge < -0.3 is 4.74 Å². The number of halogens is 1. The molecule has 0 atom stereocenters. The monoisotopic (exact) mass is 481 g/mol. The Hall–Kier alpha value is -3.18. The van der Waals surface area contributed by atoms with Gasteiger partial charge in [-0.15, -0.1) is 0 Å². The lowest BCUT2D eigenvalue weighted by Crippen LogP contribution is -2.17. The van der Waals surface area contributed by atoms with Gasteiger partial charge in [0.15, 0.2) is 0 Å². The molecule has 3 aromatic carbocycles. The maximum Gasteiger partial charge on any atom is 0.271 e. The molecule has 1 amide bonds. The Kier molecular flexibility index (Phi) is 6.76. The number of ether oxygens (including phenoxy) is 1. The van der Waals surface area contributed by atoms with E-state index < -0.39 is 0 Å². The number of hydrogen-bond acceptors (Lipinski definition) is 4. The summed E-state index contributed by atoms with van der Waals surface area (Å²) in [6.07, 6.45) is 1.55. The fourth-order valence-electron chi connectivity index (χ4n) is 2.38. The minimum absolute atomic E-state index is 0.274. The molecule has 0 saturated heterocycles. The molecule has 0 spiro atoms. The Morgan fingerprint density at radius 2 is 1.79 bits per heavy atom. The molecule has 5 nitrogen and oxygen atoms in total. The van der Waals surface area contributed by atoms with Gasteiger partial charge in [0.1, 0.15) is 12.4 Å². The highest BCUT2D eigenvalue weighted by atomic mass is 127. The fraction of sp³-hybridized carbons (Fsp3) is 0.0455. The number of amides is 1. The summed E-state index contributed by atoms with van der Waals surface area (Å²) >= 11 is 2.19. The van der Waals surface area contributed by atoms with Gasteiger partial charge in [0.2, 0.25) is 0 Å². The summed E-state index contributed by atoms with van der Waals surface area (Å²) in [5, 5.41) is 12.9. The molecule has 3 rings (SSSR count). The third kappa shape index (κ3) is 5.41. The van der Waals surface area contributed by atoms with E-state index in [0.29, 0.717) is 23.5 Å². The number of rotatable bonds is 6. The van der Waals surface area contributed by atoms with Crippen LogP contribution in [-0.4, -0.2) is 12.1 Å². The first kappa shape index (κ1) is 19.6. The normalized spacial score (nSPS) is 10.4. The van der Waals surface area contributed by atoms with Gasteiger partial charge in [-0.25, -0.2) is 5.43 Å². The maximum absolute atomic E-state index is 12.1. The predicted octanol–water partition coefficient (Wildman–Crippen LogP) is 4.51. The molecule has 1 N–H and O–H groups in total. The van der Waals surface area contributed by atoms with E-state index in [-0.39, 0.29) is 5.91 Å². The molecule has 3 aromatic rings. The highest BCUT2D eigenvalue weighted by molar-refractivity contribution is 14.1. The predicted molar refractivity (Wildman–Crippen MR) is 116 cm³/mol. The fourth-order valence-corrected chi connectivity index (χ4v) is 2.74. The Bertz CT molecular complexity index is 1020. The molecule has 0 radical (unpaired) electrons. The van der Waals surface area contributed by atoms with Crippen molar-refractivity contribution in [1.82, 2.24) is 5.43 Å². The maximum atomic E-state index is 12.1. The summed E-state index contributed by atoms with van der Waals surface area (Å²) in [6.45, 7) is 0.367. The van der Waals surface area contributed by atoms with Crippen LogP contribution in [-0.2, 0) is 6.61 Å². The standard InChI is InChI=1S/C22H16IN3O2/c23-20-11-9-18(10-12-20)22(27)26-25-14-19-3-1-2-4-21(19)28-15-17-7-5-16(13-24)6-8-17/h1-12,14H,15H2,(H,26,27)/b25-14-. The lowest BCUT2D eigenvalue weighted by molar-refractivity contribution is 0.0955. The van der Waals surface area contributed by atoms with Crippen molar-refractivity contribution >= 4 is 34.7 Å². The smallest absolute Gasteiger partial charge is 0.271 e. The number of nitrogens with one attached hydrogen (secondary N) is 1. The zero-order valence-corrected chi connectivity index (χ0v) is 17.0. The van der Waals surface area contributed by atoms with Crippen LogP contribution in [0.2, 0.25) is 0 Å². The van der Waals surface area contributed by atoms with Crippen LogP contribution >= 0.6 is 22.6 Å². The molecule has 0 aliphatic carbocycles. The van der Waals surface area contributed by atoms with Crippen LogP contribution in [0.4, 0.5) is 0 Å². The molecule has 28 heavy (non-hydrogen) atoms. The van der Waals surface area contributed by atoms with Gasteiger partial charge in [-0.05, 0) is 76.7 Å². The minimum atomic E-state index is -0.274. The molecular weight excluding hydrogens is 465 g/mol. The zero-order valence-electron chi connectivity index (χ0n) is 14.8. The third-order valence-electron chi connectivity index (χ3n) is 3.87. The second kappa shape index (κ2) is 9.67. The molecule has 0 aromatic heterocycles. The van der Waals surface area contributed by atoms with Crippen LogP contribution in [0.1, 0.15) is 27.0 Å². The van der Waals surface area contributed by atoms with E-state index in [1.807, 2.05) is 48.5 Å². The van der Waals surface area contributed by atoms with E-state index in [2.05, 4.69) is 39.2 Å². The van der Waals surface area contributed by atoms with Crippen molar-refractivity contribution in [3.05, 3.63) is 98.6 Å². The number of benzene rings is 3. The number of nitriles is 1. The molecule has 0 bridgehead atoms. The van der Waals surface area contributed by atoms with Crippen molar-refractivity contribution in [2.45, 2.75) is 6.61 Å². The van der Waals surface area contributed by atoms with E-state index >= 15 is 0 Å². The van der Waals surface area contributed by atoms with Crippen LogP contribution in [0.25, 0.3) is 0 Å². The van der Waals surface area contributed by atoms with Crippen molar-refractivity contribution in [2.75, 3.05) is 0 Å². The quantitative estimate of drug-likeness (QED) is 0.320. The van der Waals surface area contributed by atoms with E-state index in [1.165, 1.54) is 0 Å². The summed E-state index contributed by atoms with van der Waals surface area (Å²) in [5.74, 6) is 0.378. The molecule has 0 fully saturated rings. The van der Waals surface area contributed by atoms with Crippen LogP contribution in [0.5, 0.6) is 5.75 Å². The largest absolute Gasteiger partial charge is 0.488 e. The van der Waals surface area contributed by atoms with Crippen LogP contribution in [0.15, 0.2) is 77.9 Å². The number of hydrazone groups is 1. The number of carbonyl (C=O) groups is 1. The van der Waals surface area contributed by atoms with Crippen molar-refractivity contribution < 1.29 is 9.53 Å². The lowest BCUT2D eigenvalue weighted by Gasteiger charge is -2.09. The first-order chi connectivity index (χ1) is 13.7. The summed E-state index contributed by atoms with van der Waals surface area (Å²) < 4.78 is 6.93. The Labute approximate surface area is 176 Å². The summed E-state index contributed by atoms with van der Waals surface area (Å²) in [6, 6.07) is 24.0. The van der Waals surface area contributed by atoms with Gasteiger partial charge in [0, 0.05) is 14.7 Å². The Balaban J connectivity index is 1.62. The van der Waals surface area contributed by atoms with Gasteiger partial charge in [0.05, 0.1) is 17.8 Å². The number of carbonyl (C=O) groups excluding carboxylic acids is 1. The van der Waals surface area contributed by atoms with Gasteiger partial charge in [0.25, 0.3) is 5.91 Å². The summed E-state index contributed by atoms with van der Waals surface area (Å²) in [7, 11) is 0. The highest BCUT2D eigenvalue weighted by Gasteiger charge is 2.05. The van der Waals surface area contributed by atoms with Gasteiger partial charge in [-0.3, -0.25) is 4.79 Å². The van der Waals surface area contributed by atoms with Crippen molar-refractivity contribution in [2.24, 2.45) is 5.10 Å². The first-order valence-corrected chi connectivity index (χ1v) is 9.53. The number of hydrogen-bond donors (Lipinski definition) is 1.